The number of benzene rings is 1. The lowest BCUT2D eigenvalue weighted by molar-refractivity contribution is 0.0245. The highest BCUT2D eigenvalue weighted by Gasteiger charge is 2.17. The Kier molecular flexibility index (Phi) is 3.98. The van der Waals surface area contributed by atoms with E-state index in [9.17, 15) is 4.79 Å². The van der Waals surface area contributed by atoms with Crippen molar-refractivity contribution in [2.24, 2.45) is 0 Å². The van der Waals surface area contributed by atoms with Crippen LogP contribution in [0.2, 0.25) is 0 Å². The number of carbonyl (C=O) groups excluding carboxylic acids is 1. The Balaban J connectivity index is 2.10. The Hall–Kier alpha value is -1.55. The van der Waals surface area contributed by atoms with Crippen LogP contribution >= 0.6 is 0 Å². The first-order valence-electron chi connectivity index (χ1n) is 5.71. The van der Waals surface area contributed by atoms with Crippen LogP contribution in [-0.4, -0.2) is 32.7 Å². The van der Waals surface area contributed by atoms with E-state index in [2.05, 4.69) is 0 Å². The molecule has 0 amide bonds. The molecule has 1 aliphatic rings. The van der Waals surface area contributed by atoms with E-state index in [1.54, 1.807) is 25.3 Å². The first-order valence-corrected chi connectivity index (χ1v) is 5.71. The third-order valence-corrected chi connectivity index (χ3v) is 2.79. The lowest BCUT2D eigenvalue weighted by atomic mass is 10.1. The first-order chi connectivity index (χ1) is 8.33. The molecular weight excluding hydrogens is 220 g/mol. The molecule has 0 aromatic heterocycles. The van der Waals surface area contributed by atoms with Gasteiger partial charge >= 0.3 is 0 Å². The van der Waals surface area contributed by atoms with Gasteiger partial charge in [-0.15, -0.1) is 0 Å². The second kappa shape index (κ2) is 5.68. The highest BCUT2D eigenvalue weighted by atomic mass is 16.5. The van der Waals surface area contributed by atoms with Crippen LogP contribution in [0.4, 0.5) is 0 Å². The number of methoxy groups -OCH3 is 1. The van der Waals surface area contributed by atoms with Crippen molar-refractivity contribution < 1.29 is 19.0 Å². The molecule has 0 spiro atoms. The fourth-order valence-corrected chi connectivity index (χ4v) is 1.83. The van der Waals surface area contributed by atoms with Gasteiger partial charge in [0.1, 0.15) is 12.4 Å². The summed E-state index contributed by atoms with van der Waals surface area (Å²) in [6.07, 6.45) is 2.73. The summed E-state index contributed by atoms with van der Waals surface area (Å²) in [4.78, 5) is 10.7. The normalized spacial score (nSPS) is 16.5. The van der Waals surface area contributed by atoms with Gasteiger partial charge in [-0.05, 0) is 18.2 Å². The van der Waals surface area contributed by atoms with Crippen molar-refractivity contribution in [1.82, 2.24) is 0 Å². The molecule has 1 aromatic rings. The monoisotopic (exact) mass is 236 g/mol. The minimum Gasteiger partial charge on any atom is -0.493 e. The third kappa shape index (κ3) is 2.97. The van der Waals surface area contributed by atoms with E-state index in [1.807, 2.05) is 0 Å². The molecule has 17 heavy (non-hydrogen) atoms. The topological polar surface area (TPSA) is 44.8 Å². The smallest absolute Gasteiger partial charge is 0.161 e. The van der Waals surface area contributed by atoms with E-state index in [0.29, 0.717) is 17.1 Å². The summed E-state index contributed by atoms with van der Waals surface area (Å²) in [6, 6.07) is 5.18. The average molecular weight is 236 g/mol. The molecule has 92 valence electrons. The summed E-state index contributed by atoms with van der Waals surface area (Å²) in [7, 11) is 1.57. The summed E-state index contributed by atoms with van der Waals surface area (Å²) in [6.45, 7) is 1.47. The second-order valence-corrected chi connectivity index (χ2v) is 3.96. The summed E-state index contributed by atoms with van der Waals surface area (Å²) < 4.78 is 16.3. The third-order valence-electron chi connectivity index (χ3n) is 2.79. The van der Waals surface area contributed by atoms with Crippen LogP contribution < -0.4 is 9.47 Å². The number of aldehydes is 1. The van der Waals surface area contributed by atoms with Gasteiger partial charge in [-0.2, -0.15) is 0 Å². The summed E-state index contributed by atoms with van der Waals surface area (Å²) in [5.74, 6) is 1.28. The van der Waals surface area contributed by atoms with Crippen molar-refractivity contribution >= 4 is 6.29 Å². The summed E-state index contributed by atoms with van der Waals surface area (Å²) >= 11 is 0. The predicted molar refractivity (Wildman–Crippen MR) is 62.9 cm³/mol. The number of hydrogen-bond donors (Lipinski definition) is 0. The van der Waals surface area contributed by atoms with Gasteiger partial charge in [0.15, 0.2) is 11.5 Å². The molecule has 0 aliphatic carbocycles. The molecular formula is C13H16O4. The van der Waals surface area contributed by atoms with Crippen molar-refractivity contribution in [3.8, 4) is 11.5 Å². The molecule has 0 saturated carbocycles. The molecule has 4 heteroatoms. The molecule has 1 fully saturated rings. The van der Waals surface area contributed by atoms with E-state index >= 15 is 0 Å². The SMILES string of the molecule is COc1cc(C=O)ccc1OC1CCOCC1. The van der Waals surface area contributed by atoms with Gasteiger partial charge in [-0.25, -0.2) is 0 Å². The van der Waals surface area contributed by atoms with E-state index < -0.39 is 0 Å². The Morgan fingerprint density at radius 2 is 2.06 bits per heavy atom. The fourth-order valence-electron chi connectivity index (χ4n) is 1.83. The first kappa shape index (κ1) is 11.9. The van der Waals surface area contributed by atoms with Crippen LogP contribution in [-0.2, 0) is 4.74 Å². The van der Waals surface area contributed by atoms with E-state index in [1.165, 1.54) is 0 Å². The van der Waals surface area contributed by atoms with Crippen molar-refractivity contribution in [3.05, 3.63) is 23.8 Å². The van der Waals surface area contributed by atoms with Gasteiger partial charge in [0.05, 0.1) is 20.3 Å². The molecule has 1 saturated heterocycles. The van der Waals surface area contributed by atoms with Crippen LogP contribution in [0.3, 0.4) is 0 Å². The minimum absolute atomic E-state index is 0.166. The predicted octanol–water partition coefficient (Wildman–Crippen LogP) is 2.07. The number of ether oxygens (including phenoxy) is 3. The van der Waals surface area contributed by atoms with E-state index in [-0.39, 0.29) is 6.10 Å². The molecule has 0 N–H and O–H groups in total. The summed E-state index contributed by atoms with van der Waals surface area (Å²) in [5, 5.41) is 0. The van der Waals surface area contributed by atoms with Crippen molar-refractivity contribution in [3.63, 3.8) is 0 Å². The Morgan fingerprint density at radius 1 is 1.29 bits per heavy atom. The van der Waals surface area contributed by atoms with Crippen molar-refractivity contribution in [1.29, 1.82) is 0 Å². The van der Waals surface area contributed by atoms with Crippen molar-refractivity contribution in [2.45, 2.75) is 18.9 Å². The van der Waals surface area contributed by atoms with Crippen LogP contribution in [0.15, 0.2) is 18.2 Å². The fraction of sp³-hybridized carbons (Fsp3) is 0.462. The number of carbonyl (C=O) groups is 1. The molecule has 2 rings (SSSR count). The van der Waals surface area contributed by atoms with Gasteiger partial charge in [0, 0.05) is 18.4 Å². The molecule has 1 aliphatic heterocycles. The zero-order valence-electron chi connectivity index (χ0n) is 9.85. The van der Waals surface area contributed by atoms with E-state index in [0.717, 1.165) is 32.3 Å². The molecule has 1 aromatic carbocycles. The molecule has 0 atom stereocenters. The average Bonchev–Trinajstić information content (AvgIpc) is 2.40. The molecule has 0 bridgehead atoms. The highest BCUT2D eigenvalue weighted by Crippen LogP contribution is 2.29. The molecule has 1 heterocycles. The number of hydrogen-bond acceptors (Lipinski definition) is 4. The van der Waals surface area contributed by atoms with Gasteiger partial charge in [-0.3, -0.25) is 4.79 Å². The van der Waals surface area contributed by atoms with Gasteiger partial charge in [-0.1, -0.05) is 0 Å². The van der Waals surface area contributed by atoms with Crippen LogP contribution in [0.25, 0.3) is 0 Å². The van der Waals surface area contributed by atoms with Gasteiger partial charge in [0.25, 0.3) is 0 Å². The largest absolute Gasteiger partial charge is 0.493 e. The molecule has 0 radical (unpaired) electrons. The van der Waals surface area contributed by atoms with Gasteiger partial charge in [0.2, 0.25) is 0 Å². The molecule has 4 nitrogen and oxygen atoms in total. The maximum absolute atomic E-state index is 10.7. The Bertz CT molecular complexity index is 383. The quantitative estimate of drug-likeness (QED) is 0.751. The lowest BCUT2D eigenvalue weighted by Gasteiger charge is -2.24. The maximum atomic E-state index is 10.7. The van der Waals surface area contributed by atoms with E-state index in [4.69, 9.17) is 14.2 Å². The van der Waals surface area contributed by atoms with Crippen molar-refractivity contribution in [2.75, 3.05) is 20.3 Å². The molecule has 0 unspecified atom stereocenters. The standard InChI is InChI=1S/C13H16O4/c1-15-13-8-10(9-14)2-3-12(13)17-11-4-6-16-7-5-11/h2-3,8-9,11H,4-7H2,1H3. The maximum Gasteiger partial charge on any atom is 0.161 e. The zero-order valence-corrected chi connectivity index (χ0v) is 9.85. The zero-order chi connectivity index (χ0) is 12.1. The summed E-state index contributed by atoms with van der Waals surface area (Å²) in [5.41, 5.74) is 0.584. The highest BCUT2D eigenvalue weighted by molar-refractivity contribution is 5.76. The van der Waals surface area contributed by atoms with Crippen LogP contribution in [0.1, 0.15) is 23.2 Å². The van der Waals surface area contributed by atoms with Crippen LogP contribution in [0.5, 0.6) is 11.5 Å². The Morgan fingerprint density at radius 3 is 2.71 bits per heavy atom. The second-order valence-electron chi connectivity index (χ2n) is 3.96. The minimum atomic E-state index is 0.166. The number of rotatable bonds is 4. The lowest BCUT2D eigenvalue weighted by Crippen LogP contribution is -2.26. The van der Waals surface area contributed by atoms with Gasteiger partial charge < -0.3 is 14.2 Å². The Labute approximate surface area is 100 Å². The van der Waals surface area contributed by atoms with Crippen LogP contribution in [0, 0.1) is 0 Å².